The van der Waals surface area contributed by atoms with Crippen molar-refractivity contribution in [1.29, 1.82) is 0 Å². The third kappa shape index (κ3) is 5.03. The molecule has 1 aromatic rings. The molecule has 3 nitrogen and oxygen atoms in total. The number of hydrogen-bond donors (Lipinski definition) is 1. The fourth-order valence-corrected chi connectivity index (χ4v) is 2.18. The second kappa shape index (κ2) is 7.29. The summed E-state index contributed by atoms with van der Waals surface area (Å²) >= 11 is 0. The van der Waals surface area contributed by atoms with E-state index < -0.39 is 0 Å². The van der Waals surface area contributed by atoms with E-state index in [0.29, 0.717) is 18.9 Å². The van der Waals surface area contributed by atoms with Gasteiger partial charge in [0.25, 0.3) is 0 Å². The molecule has 0 heterocycles. The van der Waals surface area contributed by atoms with E-state index in [1.165, 1.54) is 0 Å². The highest BCUT2D eigenvalue weighted by molar-refractivity contribution is 5.78. The molecular weight excluding hydrogens is 236 g/mol. The van der Waals surface area contributed by atoms with Gasteiger partial charge in [-0.15, -0.1) is 0 Å². The summed E-state index contributed by atoms with van der Waals surface area (Å²) in [5, 5.41) is 0. The van der Waals surface area contributed by atoms with Crippen molar-refractivity contribution in [3.8, 4) is 0 Å². The molecule has 0 aromatic heterocycles. The van der Waals surface area contributed by atoms with Crippen LogP contribution in [0.3, 0.4) is 0 Å². The Balaban J connectivity index is 2.57. The first-order valence-electron chi connectivity index (χ1n) is 6.97. The third-order valence-corrected chi connectivity index (χ3v) is 3.48. The average Bonchev–Trinajstić information content (AvgIpc) is 2.37. The zero-order valence-electron chi connectivity index (χ0n) is 12.5. The van der Waals surface area contributed by atoms with E-state index in [1.54, 1.807) is 0 Å². The minimum atomic E-state index is 0.175. The lowest BCUT2D eigenvalue weighted by Crippen LogP contribution is -2.36. The highest BCUT2D eigenvalue weighted by atomic mass is 16.2. The molecule has 0 saturated carbocycles. The Bertz CT molecular complexity index is 398. The molecule has 0 fully saturated rings. The van der Waals surface area contributed by atoms with Gasteiger partial charge in [-0.3, -0.25) is 4.79 Å². The van der Waals surface area contributed by atoms with Crippen molar-refractivity contribution in [3.63, 3.8) is 0 Å². The van der Waals surface area contributed by atoms with E-state index in [2.05, 4.69) is 20.8 Å². The molecule has 0 bridgehead atoms. The molecule has 3 heteroatoms. The number of rotatable bonds is 6. The molecule has 0 aliphatic rings. The van der Waals surface area contributed by atoms with E-state index in [9.17, 15) is 4.79 Å². The molecule has 0 aliphatic carbocycles. The maximum absolute atomic E-state index is 12.2. The Hall–Kier alpha value is -1.35. The van der Waals surface area contributed by atoms with Crippen LogP contribution in [0.25, 0.3) is 0 Å². The lowest BCUT2D eigenvalue weighted by atomic mass is 10.0. The van der Waals surface area contributed by atoms with Crippen molar-refractivity contribution in [2.75, 3.05) is 7.05 Å². The molecule has 0 spiro atoms. The van der Waals surface area contributed by atoms with Crippen LogP contribution in [-0.2, 0) is 17.8 Å². The second-order valence-electron chi connectivity index (χ2n) is 5.68. The van der Waals surface area contributed by atoms with Crippen LogP contribution in [0.2, 0.25) is 0 Å². The fraction of sp³-hybridized carbons (Fsp3) is 0.562. The Labute approximate surface area is 116 Å². The summed E-state index contributed by atoms with van der Waals surface area (Å²) in [6.45, 7) is 7.01. The van der Waals surface area contributed by atoms with Gasteiger partial charge in [-0.25, -0.2) is 0 Å². The minimum absolute atomic E-state index is 0.175. The van der Waals surface area contributed by atoms with Gasteiger partial charge in [0, 0.05) is 19.6 Å². The molecule has 1 amide bonds. The number of amides is 1. The maximum atomic E-state index is 12.2. The van der Waals surface area contributed by atoms with Crippen LogP contribution in [0.15, 0.2) is 24.3 Å². The Kier molecular flexibility index (Phi) is 6.03. The predicted molar refractivity (Wildman–Crippen MR) is 79.7 cm³/mol. The molecule has 2 N–H and O–H groups in total. The molecular formula is C16H26N2O. The number of benzene rings is 1. The van der Waals surface area contributed by atoms with Crippen LogP contribution >= 0.6 is 0 Å². The first-order chi connectivity index (χ1) is 8.93. The van der Waals surface area contributed by atoms with Crippen molar-refractivity contribution >= 4 is 5.91 Å². The van der Waals surface area contributed by atoms with Crippen LogP contribution in [0.4, 0.5) is 0 Å². The number of nitrogens with zero attached hydrogens (tertiary/aromatic N) is 1. The van der Waals surface area contributed by atoms with Gasteiger partial charge in [-0.2, -0.15) is 0 Å². The smallest absolute Gasteiger partial charge is 0.226 e. The molecule has 0 radical (unpaired) electrons. The summed E-state index contributed by atoms with van der Waals surface area (Å²) in [5.41, 5.74) is 7.70. The van der Waals surface area contributed by atoms with Gasteiger partial charge in [0.05, 0.1) is 6.42 Å². The van der Waals surface area contributed by atoms with Gasteiger partial charge in [0.1, 0.15) is 0 Å². The van der Waals surface area contributed by atoms with Crippen molar-refractivity contribution in [3.05, 3.63) is 35.4 Å². The summed E-state index contributed by atoms with van der Waals surface area (Å²) in [6, 6.07) is 8.23. The van der Waals surface area contributed by atoms with Crippen molar-refractivity contribution in [2.24, 2.45) is 11.7 Å². The Morgan fingerprint density at radius 1 is 1.16 bits per heavy atom. The number of carbonyl (C=O) groups excluding carboxylic acids is 1. The largest absolute Gasteiger partial charge is 0.343 e. The van der Waals surface area contributed by atoms with Gasteiger partial charge in [0.15, 0.2) is 0 Å². The molecule has 1 rings (SSSR count). The van der Waals surface area contributed by atoms with E-state index in [1.807, 2.05) is 36.2 Å². The number of nitrogens with two attached hydrogens (primary N) is 1. The fourth-order valence-electron chi connectivity index (χ4n) is 2.18. The Morgan fingerprint density at radius 3 is 2.16 bits per heavy atom. The van der Waals surface area contributed by atoms with Gasteiger partial charge < -0.3 is 10.6 Å². The molecule has 1 unspecified atom stereocenters. The van der Waals surface area contributed by atoms with E-state index in [0.717, 1.165) is 17.5 Å². The molecule has 106 valence electrons. The average molecular weight is 262 g/mol. The molecule has 19 heavy (non-hydrogen) atoms. The predicted octanol–water partition coefficient (Wildman–Crippen LogP) is 2.58. The van der Waals surface area contributed by atoms with Crippen LogP contribution in [0, 0.1) is 5.92 Å². The van der Waals surface area contributed by atoms with Gasteiger partial charge in [-0.1, -0.05) is 38.1 Å². The quantitative estimate of drug-likeness (QED) is 0.856. The zero-order chi connectivity index (χ0) is 14.4. The summed E-state index contributed by atoms with van der Waals surface area (Å²) in [4.78, 5) is 14.0. The number of hydrogen-bond acceptors (Lipinski definition) is 2. The number of carbonyl (C=O) groups is 1. The summed E-state index contributed by atoms with van der Waals surface area (Å²) in [5.74, 6) is 0.780. The normalized spacial score (nSPS) is 12.5. The molecule has 1 atom stereocenters. The summed E-state index contributed by atoms with van der Waals surface area (Å²) in [7, 11) is 1.89. The van der Waals surface area contributed by atoms with Gasteiger partial charge in [-0.05, 0) is 30.4 Å². The minimum Gasteiger partial charge on any atom is -0.343 e. The third-order valence-electron chi connectivity index (χ3n) is 3.48. The van der Waals surface area contributed by atoms with Crippen molar-refractivity contribution < 1.29 is 4.79 Å². The molecule has 0 aliphatic heterocycles. The monoisotopic (exact) mass is 262 g/mol. The van der Waals surface area contributed by atoms with Gasteiger partial charge in [0.2, 0.25) is 5.91 Å². The lowest BCUT2D eigenvalue weighted by Gasteiger charge is -2.26. The highest BCUT2D eigenvalue weighted by Gasteiger charge is 2.16. The second-order valence-corrected chi connectivity index (χ2v) is 5.68. The SMILES string of the molecule is CC(C)CC(C)N(C)C(=O)Cc1ccc(CN)cc1. The Morgan fingerprint density at radius 2 is 1.68 bits per heavy atom. The molecule has 1 aromatic carbocycles. The highest BCUT2D eigenvalue weighted by Crippen LogP contribution is 2.12. The first-order valence-corrected chi connectivity index (χ1v) is 6.97. The van der Waals surface area contributed by atoms with Gasteiger partial charge >= 0.3 is 0 Å². The number of likely N-dealkylation sites (N-methyl/N-ethyl adjacent to an activating group) is 1. The van der Waals surface area contributed by atoms with E-state index >= 15 is 0 Å². The van der Waals surface area contributed by atoms with Crippen LogP contribution in [0.1, 0.15) is 38.3 Å². The standard InChI is InChI=1S/C16H26N2O/c1-12(2)9-13(3)18(4)16(19)10-14-5-7-15(11-17)8-6-14/h5-8,12-13H,9-11,17H2,1-4H3. The maximum Gasteiger partial charge on any atom is 0.226 e. The first kappa shape index (κ1) is 15.7. The molecule has 0 saturated heterocycles. The van der Waals surface area contributed by atoms with E-state index in [4.69, 9.17) is 5.73 Å². The van der Waals surface area contributed by atoms with Crippen molar-refractivity contribution in [2.45, 2.75) is 46.2 Å². The van der Waals surface area contributed by atoms with E-state index in [-0.39, 0.29) is 11.9 Å². The summed E-state index contributed by atoms with van der Waals surface area (Å²) < 4.78 is 0. The lowest BCUT2D eigenvalue weighted by molar-refractivity contribution is -0.131. The van der Waals surface area contributed by atoms with Crippen LogP contribution < -0.4 is 5.73 Å². The van der Waals surface area contributed by atoms with Crippen LogP contribution in [0.5, 0.6) is 0 Å². The summed E-state index contributed by atoms with van der Waals surface area (Å²) in [6.07, 6.45) is 1.50. The zero-order valence-corrected chi connectivity index (χ0v) is 12.5. The van der Waals surface area contributed by atoms with Crippen LogP contribution in [-0.4, -0.2) is 23.9 Å². The topological polar surface area (TPSA) is 46.3 Å². The van der Waals surface area contributed by atoms with Crippen molar-refractivity contribution in [1.82, 2.24) is 4.90 Å².